The second-order valence-electron chi connectivity index (χ2n) is 6.00. The lowest BCUT2D eigenvalue weighted by molar-refractivity contribution is -0.143. The van der Waals surface area contributed by atoms with E-state index in [2.05, 4.69) is 15.2 Å². The minimum atomic E-state index is -4.98. The van der Waals surface area contributed by atoms with Gasteiger partial charge in [-0.2, -0.15) is 36.4 Å². The molecule has 0 fully saturated rings. The molecule has 3 rings (SSSR count). The van der Waals surface area contributed by atoms with Gasteiger partial charge in [-0.15, -0.1) is 0 Å². The number of aryl methyl sites for hydroxylation is 2. The molecule has 0 atom stereocenters. The van der Waals surface area contributed by atoms with E-state index in [1.807, 2.05) is 0 Å². The third-order valence-electron chi connectivity index (χ3n) is 3.88. The lowest BCUT2D eigenvalue weighted by Crippen LogP contribution is -2.11. The van der Waals surface area contributed by atoms with Crippen LogP contribution < -0.4 is 0 Å². The van der Waals surface area contributed by atoms with Gasteiger partial charge in [0.25, 0.3) is 5.89 Å². The molecule has 0 unspecified atom stereocenters. The first-order valence-corrected chi connectivity index (χ1v) is 8.25. The average Bonchev–Trinajstić information content (AvgIpc) is 3.17. The second-order valence-corrected chi connectivity index (χ2v) is 6.36. The highest BCUT2D eigenvalue weighted by molar-refractivity contribution is 6.31. The van der Waals surface area contributed by atoms with E-state index in [9.17, 15) is 26.3 Å². The van der Waals surface area contributed by atoms with Crippen molar-refractivity contribution in [3.63, 3.8) is 0 Å². The highest BCUT2D eigenvalue weighted by atomic mass is 35.5. The minimum Gasteiger partial charge on any atom is -0.334 e. The van der Waals surface area contributed by atoms with Crippen LogP contribution in [-0.2, 0) is 19.4 Å². The van der Waals surface area contributed by atoms with E-state index < -0.39 is 34.9 Å². The van der Waals surface area contributed by atoms with E-state index in [-0.39, 0.29) is 12.0 Å². The van der Waals surface area contributed by atoms with Crippen molar-refractivity contribution in [2.75, 3.05) is 0 Å². The van der Waals surface area contributed by atoms with Gasteiger partial charge in [-0.25, -0.2) is 0 Å². The zero-order chi connectivity index (χ0) is 21.6. The largest absolute Gasteiger partial charge is 0.416 e. The summed E-state index contributed by atoms with van der Waals surface area (Å²) in [6.45, 7) is 1.70. The van der Waals surface area contributed by atoms with Crippen molar-refractivity contribution in [2.24, 2.45) is 7.05 Å². The van der Waals surface area contributed by atoms with Crippen LogP contribution >= 0.6 is 11.6 Å². The number of halogens is 7. The molecule has 0 saturated heterocycles. The van der Waals surface area contributed by atoms with Gasteiger partial charge >= 0.3 is 12.4 Å². The number of alkyl halides is 6. The van der Waals surface area contributed by atoms with Crippen LogP contribution in [-0.4, -0.2) is 19.9 Å². The Kier molecular flexibility index (Phi) is 5.20. The number of nitrogens with zero attached hydrogens (tertiary/aromatic N) is 4. The molecule has 0 aliphatic carbocycles. The summed E-state index contributed by atoms with van der Waals surface area (Å²) < 4.78 is 84.2. The van der Waals surface area contributed by atoms with E-state index in [1.54, 1.807) is 14.0 Å². The summed E-state index contributed by atoms with van der Waals surface area (Å²) in [4.78, 5) is 3.84. The molecule has 2 aromatic heterocycles. The summed E-state index contributed by atoms with van der Waals surface area (Å²) in [6.07, 6.45) is -7.13. The van der Waals surface area contributed by atoms with E-state index in [0.29, 0.717) is 28.5 Å². The molecule has 0 N–H and O–H groups in total. The quantitative estimate of drug-likeness (QED) is 0.499. The van der Waals surface area contributed by atoms with Gasteiger partial charge in [0.05, 0.1) is 16.8 Å². The molecule has 154 valence electrons. The minimum absolute atomic E-state index is 0.0254. The summed E-state index contributed by atoms with van der Waals surface area (Å²) in [5, 5.41) is 7.89. The molecule has 5 nitrogen and oxygen atoms in total. The number of rotatable bonds is 3. The molecule has 0 amide bonds. The summed E-state index contributed by atoms with van der Waals surface area (Å²) in [7, 11) is 1.63. The Hall–Kier alpha value is -2.82. The van der Waals surface area contributed by atoms with Crippen LogP contribution in [0, 0.1) is 6.92 Å². The van der Waals surface area contributed by atoms with Gasteiger partial charge < -0.3 is 4.52 Å². The van der Waals surface area contributed by atoms with Crippen LogP contribution in [0.4, 0.5) is 26.3 Å². The fourth-order valence-electron chi connectivity index (χ4n) is 2.49. The summed E-state index contributed by atoms with van der Waals surface area (Å²) in [6, 6.07) is 1.07. The van der Waals surface area contributed by atoms with Crippen LogP contribution in [0.2, 0.25) is 5.15 Å². The van der Waals surface area contributed by atoms with Crippen molar-refractivity contribution in [3.05, 3.63) is 51.6 Å². The molecule has 12 heteroatoms. The maximum atomic E-state index is 13.0. The molecule has 0 spiro atoms. The third kappa shape index (κ3) is 4.44. The Morgan fingerprint density at radius 1 is 1.00 bits per heavy atom. The van der Waals surface area contributed by atoms with Gasteiger partial charge in [-0.1, -0.05) is 16.8 Å². The van der Waals surface area contributed by atoms with Crippen LogP contribution in [0.3, 0.4) is 0 Å². The average molecular weight is 437 g/mol. The zero-order valence-electron chi connectivity index (χ0n) is 14.7. The van der Waals surface area contributed by atoms with Crippen molar-refractivity contribution in [1.29, 1.82) is 0 Å². The van der Waals surface area contributed by atoms with Crippen molar-refractivity contribution >= 4 is 23.8 Å². The van der Waals surface area contributed by atoms with Crippen LogP contribution in [0.1, 0.15) is 28.3 Å². The van der Waals surface area contributed by atoms with Gasteiger partial charge in [0, 0.05) is 24.3 Å². The standard InChI is InChI=1S/C17H11ClF6N4O/c1-8-12(14(18)28(2)26-8)3-4-13-25-15(27-29-13)9-5-10(16(19,20)21)7-11(6-9)17(22,23)24/h3-7H,1-2H3/b4-3-. The predicted molar refractivity (Wildman–Crippen MR) is 91.6 cm³/mol. The monoisotopic (exact) mass is 436 g/mol. The molecule has 0 radical (unpaired) electrons. The molecule has 0 aliphatic heterocycles. The van der Waals surface area contributed by atoms with Gasteiger partial charge in [-0.3, -0.25) is 4.68 Å². The van der Waals surface area contributed by atoms with Gasteiger partial charge in [0.15, 0.2) is 0 Å². The van der Waals surface area contributed by atoms with E-state index in [1.165, 1.54) is 16.8 Å². The Bertz CT molecular complexity index is 1050. The van der Waals surface area contributed by atoms with Crippen molar-refractivity contribution < 1.29 is 30.9 Å². The lowest BCUT2D eigenvalue weighted by atomic mass is 10.0. The Balaban J connectivity index is 1.98. The molecule has 0 bridgehead atoms. The number of aromatic nitrogens is 4. The Labute approximate surface area is 164 Å². The summed E-state index contributed by atoms with van der Waals surface area (Å²) in [5.41, 5.74) is -2.27. The normalized spacial score (nSPS) is 12.9. The van der Waals surface area contributed by atoms with E-state index in [0.717, 1.165) is 0 Å². The predicted octanol–water partition coefficient (Wildman–Crippen LogP) is 5.64. The fourth-order valence-corrected chi connectivity index (χ4v) is 2.73. The zero-order valence-corrected chi connectivity index (χ0v) is 15.5. The SMILES string of the molecule is Cc1nn(C)c(Cl)c1/C=C\c1nc(-c2cc(C(F)(F)F)cc(C(F)(F)F)c2)no1. The molecule has 3 aromatic rings. The number of benzene rings is 1. The molecular weight excluding hydrogens is 426 g/mol. The molecule has 0 saturated carbocycles. The smallest absolute Gasteiger partial charge is 0.334 e. The molecule has 29 heavy (non-hydrogen) atoms. The topological polar surface area (TPSA) is 56.7 Å². The lowest BCUT2D eigenvalue weighted by Gasteiger charge is -2.12. The van der Waals surface area contributed by atoms with Crippen LogP contribution in [0.15, 0.2) is 22.7 Å². The van der Waals surface area contributed by atoms with E-state index >= 15 is 0 Å². The second kappa shape index (κ2) is 7.21. The Morgan fingerprint density at radius 2 is 1.59 bits per heavy atom. The van der Waals surface area contributed by atoms with Gasteiger partial charge in [0.2, 0.25) is 5.82 Å². The number of hydrogen-bond acceptors (Lipinski definition) is 4. The van der Waals surface area contributed by atoms with Crippen LogP contribution in [0.5, 0.6) is 0 Å². The number of hydrogen-bond donors (Lipinski definition) is 0. The van der Waals surface area contributed by atoms with Gasteiger partial charge in [0.1, 0.15) is 5.15 Å². The molecule has 0 aliphatic rings. The van der Waals surface area contributed by atoms with E-state index in [4.69, 9.17) is 16.1 Å². The first kappa shape index (κ1) is 20.9. The molecule has 2 heterocycles. The summed E-state index contributed by atoms with van der Waals surface area (Å²) >= 11 is 6.07. The van der Waals surface area contributed by atoms with Crippen LogP contribution in [0.25, 0.3) is 23.5 Å². The summed E-state index contributed by atoms with van der Waals surface area (Å²) in [5.74, 6) is -0.555. The third-order valence-corrected chi connectivity index (χ3v) is 4.32. The fraction of sp³-hybridized carbons (Fsp3) is 0.235. The molecule has 1 aromatic carbocycles. The Morgan fingerprint density at radius 3 is 2.07 bits per heavy atom. The highest BCUT2D eigenvalue weighted by Gasteiger charge is 2.37. The highest BCUT2D eigenvalue weighted by Crippen LogP contribution is 2.38. The maximum absolute atomic E-state index is 13.0. The first-order chi connectivity index (χ1) is 13.4. The maximum Gasteiger partial charge on any atom is 0.416 e. The molecular formula is C17H11ClF6N4O. The van der Waals surface area contributed by atoms with Crippen molar-refractivity contribution in [1.82, 2.24) is 19.9 Å². The first-order valence-electron chi connectivity index (χ1n) is 7.87. The van der Waals surface area contributed by atoms with Crippen molar-refractivity contribution in [3.8, 4) is 11.4 Å². The van der Waals surface area contributed by atoms with Crippen molar-refractivity contribution in [2.45, 2.75) is 19.3 Å². The van der Waals surface area contributed by atoms with Gasteiger partial charge in [-0.05, 0) is 31.2 Å².